The summed E-state index contributed by atoms with van der Waals surface area (Å²) in [6.07, 6.45) is 78.6. The number of allylic oxidation sites excluding steroid dienone is 8. The molecule has 0 saturated heterocycles. The number of hydrogen-bond acceptors (Lipinski definition) is 6. The van der Waals surface area contributed by atoms with Gasteiger partial charge in [0.25, 0.3) is 0 Å². The van der Waals surface area contributed by atoms with Gasteiger partial charge in [-0.15, -0.1) is 0 Å². The van der Waals surface area contributed by atoms with E-state index >= 15 is 0 Å². The lowest BCUT2D eigenvalue weighted by molar-refractivity contribution is -0.167. The average Bonchev–Trinajstić information content (AvgIpc) is 3.40. The molecule has 432 valence electrons. The van der Waals surface area contributed by atoms with E-state index in [4.69, 9.17) is 14.2 Å². The average molecular weight is 1040 g/mol. The molecule has 0 bridgehead atoms. The first kappa shape index (κ1) is 71.4. The van der Waals surface area contributed by atoms with Crippen LogP contribution in [0.3, 0.4) is 0 Å². The Labute approximate surface area is 460 Å². The van der Waals surface area contributed by atoms with Gasteiger partial charge < -0.3 is 14.2 Å². The van der Waals surface area contributed by atoms with E-state index in [2.05, 4.69) is 69.4 Å². The molecule has 0 radical (unpaired) electrons. The van der Waals surface area contributed by atoms with E-state index in [0.717, 1.165) is 83.5 Å². The van der Waals surface area contributed by atoms with Crippen LogP contribution in [-0.4, -0.2) is 37.2 Å². The van der Waals surface area contributed by atoms with E-state index in [1.165, 1.54) is 225 Å². The van der Waals surface area contributed by atoms with Gasteiger partial charge in [0.15, 0.2) is 6.10 Å². The molecular formula is C68H124O6. The first-order valence-electron chi connectivity index (χ1n) is 32.6. The van der Waals surface area contributed by atoms with Gasteiger partial charge in [0, 0.05) is 19.3 Å². The van der Waals surface area contributed by atoms with E-state index in [1.54, 1.807) is 0 Å². The molecule has 0 heterocycles. The van der Waals surface area contributed by atoms with Crippen LogP contribution < -0.4 is 0 Å². The van der Waals surface area contributed by atoms with Gasteiger partial charge in [0.05, 0.1) is 0 Å². The fourth-order valence-corrected chi connectivity index (χ4v) is 9.73. The van der Waals surface area contributed by atoms with Gasteiger partial charge >= 0.3 is 17.9 Å². The van der Waals surface area contributed by atoms with Crippen molar-refractivity contribution in [2.45, 2.75) is 354 Å². The summed E-state index contributed by atoms with van der Waals surface area (Å²) < 4.78 is 16.9. The molecule has 6 heteroatoms. The molecule has 0 saturated carbocycles. The maximum absolute atomic E-state index is 12.9. The lowest BCUT2D eigenvalue weighted by atomic mass is 10.0. The molecule has 0 N–H and O–H groups in total. The Morgan fingerprint density at radius 1 is 0.284 bits per heavy atom. The van der Waals surface area contributed by atoms with Crippen molar-refractivity contribution in [1.29, 1.82) is 0 Å². The predicted molar refractivity (Wildman–Crippen MR) is 321 cm³/mol. The fourth-order valence-electron chi connectivity index (χ4n) is 9.73. The number of unbranched alkanes of at least 4 members (excludes halogenated alkanes) is 41. The van der Waals surface area contributed by atoms with Crippen molar-refractivity contribution < 1.29 is 28.6 Å². The summed E-state index contributed by atoms with van der Waals surface area (Å²) in [5.74, 6) is -0.853. The van der Waals surface area contributed by atoms with Gasteiger partial charge in [-0.2, -0.15) is 0 Å². The van der Waals surface area contributed by atoms with Crippen molar-refractivity contribution >= 4 is 17.9 Å². The second-order valence-electron chi connectivity index (χ2n) is 22.0. The zero-order chi connectivity index (χ0) is 53.6. The molecule has 0 aliphatic carbocycles. The molecular weight excluding hydrogens is 913 g/mol. The van der Waals surface area contributed by atoms with Gasteiger partial charge in [0.1, 0.15) is 13.2 Å². The molecule has 1 atom stereocenters. The Kier molecular flexibility index (Phi) is 60.7. The lowest BCUT2D eigenvalue weighted by Gasteiger charge is -2.18. The van der Waals surface area contributed by atoms with Crippen molar-refractivity contribution in [1.82, 2.24) is 0 Å². The highest BCUT2D eigenvalue weighted by Gasteiger charge is 2.19. The first-order chi connectivity index (χ1) is 36.5. The standard InChI is InChI=1S/C68H124O6/c1-4-7-10-13-16-19-21-23-25-27-29-31-33-34-36-37-39-41-43-45-47-49-52-55-58-61-67(70)73-64-65(63-72-66(69)60-57-54-51-18-15-12-9-6-3)74-68(71)62-59-56-53-50-48-46-44-42-40-38-35-32-30-28-26-24-22-20-17-14-11-8-5-2/h7,10,16,19,23,25,29,31,65H,4-6,8-9,11-15,17-18,20-22,24,26-28,30,32-64H2,1-3H3/b10-7-,19-16-,25-23-,31-29-. The normalized spacial score (nSPS) is 12.3. The first-order valence-corrected chi connectivity index (χ1v) is 32.6. The third kappa shape index (κ3) is 60.2. The highest BCUT2D eigenvalue weighted by atomic mass is 16.6. The van der Waals surface area contributed by atoms with Crippen LogP contribution in [0.1, 0.15) is 348 Å². The molecule has 0 aromatic rings. The van der Waals surface area contributed by atoms with Gasteiger partial charge in [-0.1, -0.05) is 320 Å². The second-order valence-corrected chi connectivity index (χ2v) is 22.0. The van der Waals surface area contributed by atoms with E-state index < -0.39 is 6.10 Å². The minimum absolute atomic E-state index is 0.0685. The minimum Gasteiger partial charge on any atom is -0.462 e. The molecule has 1 unspecified atom stereocenters. The highest BCUT2D eigenvalue weighted by molar-refractivity contribution is 5.71. The third-order valence-corrected chi connectivity index (χ3v) is 14.6. The Morgan fingerprint density at radius 2 is 0.527 bits per heavy atom. The van der Waals surface area contributed by atoms with Crippen LogP contribution in [0.5, 0.6) is 0 Å². The van der Waals surface area contributed by atoms with Gasteiger partial charge in [-0.05, 0) is 57.8 Å². The summed E-state index contributed by atoms with van der Waals surface area (Å²) >= 11 is 0. The summed E-state index contributed by atoms with van der Waals surface area (Å²) in [5.41, 5.74) is 0. The van der Waals surface area contributed by atoms with Crippen LogP contribution >= 0.6 is 0 Å². The van der Waals surface area contributed by atoms with Gasteiger partial charge in [-0.3, -0.25) is 14.4 Å². The molecule has 0 rings (SSSR count). The van der Waals surface area contributed by atoms with Crippen LogP contribution in [0.2, 0.25) is 0 Å². The molecule has 0 spiro atoms. The summed E-state index contributed by atoms with van der Waals surface area (Å²) in [6.45, 7) is 6.55. The number of hydrogen-bond donors (Lipinski definition) is 0. The van der Waals surface area contributed by atoms with Crippen LogP contribution in [0, 0.1) is 0 Å². The largest absolute Gasteiger partial charge is 0.462 e. The maximum atomic E-state index is 12.9. The number of carbonyl (C=O) groups is 3. The summed E-state index contributed by atoms with van der Waals surface area (Å²) in [4.78, 5) is 38.2. The van der Waals surface area contributed by atoms with E-state index in [9.17, 15) is 14.4 Å². The van der Waals surface area contributed by atoms with Crippen LogP contribution in [0.25, 0.3) is 0 Å². The van der Waals surface area contributed by atoms with Crippen LogP contribution in [0.15, 0.2) is 48.6 Å². The topological polar surface area (TPSA) is 78.9 Å². The Bertz CT molecular complexity index is 1280. The second kappa shape index (κ2) is 62.9. The quantitative estimate of drug-likeness (QED) is 0.0261. The molecule has 74 heavy (non-hydrogen) atoms. The SMILES string of the molecule is CC/C=C\C/C=C\C/C=C\C/C=C\CCCCCCCCCCCCCCC(=O)OCC(COC(=O)CCCCCCCCCC)OC(=O)CCCCCCCCCCCCCCCCCCCCCCCCC. The van der Waals surface area contributed by atoms with Crippen molar-refractivity contribution in [3.63, 3.8) is 0 Å². The number of esters is 3. The van der Waals surface area contributed by atoms with Crippen molar-refractivity contribution in [3.05, 3.63) is 48.6 Å². The van der Waals surface area contributed by atoms with Gasteiger partial charge in [-0.25, -0.2) is 0 Å². The minimum atomic E-state index is -0.769. The molecule has 0 aromatic heterocycles. The van der Waals surface area contributed by atoms with E-state index in [0.29, 0.717) is 19.3 Å². The van der Waals surface area contributed by atoms with Crippen molar-refractivity contribution in [3.8, 4) is 0 Å². The van der Waals surface area contributed by atoms with Crippen LogP contribution in [-0.2, 0) is 28.6 Å². The lowest BCUT2D eigenvalue weighted by Crippen LogP contribution is -2.30. The summed E-state index contributed by atoms with van der Waals surface area (Å²) in [7, 11) is 0. The predicted octanol–water partition coefficient (Wildman–Crippen LogP) is 22.2. The maximum Gasteiger partial charge on any atom is 0.306 e. The number of rotatable bonds is 60. The fraction of sp³-hybridized carbons (Fsp3) is 0.838. The molecule has 0 aliphatic rings. The monoisotopic (exact) mass is 1040 g/mol. The highest BCUT2D eigenvalue weighted by Crippen LogP contribution is 2.18. The van der Waals surface area contributed by atoms with Gasteiger partial charge in [0.2, 0.25) is 0 Å². The molecule has 0 aromatic carbocycles. The molecule has 6 nitrogen and oxygen atoms in total. The summed E-state index contributed by atoms with van der Waals surface area (Å²) in [6, 6.07) is 0. The Hall–Kier alpha value is -2.63. The number of ether oxygens (including phenoxy) is 3. The molecule has 0 amide bonds. The zero-order valence-electron chi connectivity index (χ0n) is 49.6. The van der Waals surface area contributed by atoms with Crippen molar-refractivity contribution in [2.75, 3.05) is 13.2 Å². The van der Waals surface area contributed by atoms with Crippen molar-refractivity contribution in [2.24, 2.45) is 0 Å². The number of carbonyl (C=O) groups excluding carboxylic acids is 3. The van der Waals surface area contributed by atoms with E-state index in [-0.39, 0.29) is 31.1 Å². The molecule has 0 aliphatic heterocycles. The zero-order valence-corrected chi connectivity index (χ0v) is 49.6. The smallest absolute Gasteiger partial charge is 0.306 e. The summed E-state index contributed by atoms with van der Waals surface area (Å²) in [5, 5.41) is 0. The Balaban J connectivity index is 4.12. The van der Waals surface area contributed by atoms with Crippen LogP contribution in [0.4, 0.5) is 0 Å². The Morgan fingerprint density at radius 3 is 0.824 bits per heavy atom. The molecule has 0 fully saturated rings. The van der Waals surface area contributed by atoms with E-state index in [1.807, 2.05) is 0 Å². The third-order valence-electron chi connectivity index (χ3n) is 14.6.